The van der Waals surface area contributed by atoms with Crippen LogP contribution in [0.25, 0.3) is 0 Å². The normalized spacial score (nSPS) is 14.2. The Morgan fingerprint density at radius 1 is 0.962 bits per heavy atom. The fourth-order valence-corrected chi connectivity index (χ4v) is 3.30. The van der Waals surface area contributed by atoms with Gasteiger partial charge in [0.05, 0.1) is 19.9 Å². The van der Waals surface area contributed by atoms with Crippen molar-refractivity contribution in [3.63, 3.8) is 0 Å². The standard InChI is InChI=1S/C21H26N2O3/c1-25-18-9-10-19(20(16-18)26-2)22-12-14-23(15-13-22)21(24)11-8-17-6-4-3-5-7-17/h3-7,9-10,16H,8,11-15H2,1-2H3. The van der Waals surface area contributed by atoms with E-state index in [9.17, 15) is 4.79 Å². The van der Waals surface area contributed by atoms with Crippen molar-refractivity contribution in [3.8, 4) is 11.5 Å². The second-order valence-electron chi connectivity index (χ2n) is 6.39. The van der Waals surface area contributed by atoms with Crippen LogP contribution in [0.3, 0.4) is 0 Å². The molecule has 0 saturated carbocycles. The zero-order chi connectivity index (χ0) is 18.4. The summed E-state index contributed by atoms with van der Waals surface area (Å²) in [6.45, 7) is 3.09. The lowest BCUT2D eigenvalue weighted by molar-refractivity contribution is -0.131. The van der Waals surface area contributed by atoms with E-state index in [2.05, 4.69) is 17.0 Å². The van der Waals surface area contributed by atoms with E-state index in [1.54, 1.807) is 14.2 Å². The Balaban J connectivity index is 1.55. The molecule has 1 fully saturated rings. The van der Waals surface area contributed by atoms with E-state index >= 15 is 0 Å². The molecule has 2 aromatic carbocycles. The van der Waals surface area contributed by atoms with E-state index in [0.29, 0.717) is 6.42 Å². The van der Waals surface area contributed by atoms with Crippen molar-refractivity contribution in [1.82, 2.24) is 4.90 Å². The van der Waals surface area contributed by atoms with Gasteiger partial charge in [-0.2, -0.15) is 0 Å². The SMILES string of the molecule is COc1ccc(N2CCN(C(=O)CCc3ccccc3)CC2)c(OC)c1. The number of carbonyl (C=O) groups excluding carboxylic acids is 1. The van der Waals surface area contributed by atoms with Gasteiger partial charge in [0.1, 0.15) is 11.5 Å². The minimum Gasteiger partial charge on any atom is -0.497 e. The van der Waals surface area contributed by atoms with Gasteiger partial charge in [-0.15, -0.1) is 0 Å². The summed E-state index contributed by atoms with van der Waals surface area (Å²) in [6, 6.07) is 16.0. The fraction of sp³-hybridized carbons (Fsp3) is 0.381. The Kier molecular flexibility index (Phi) is 6.00. The van der Waals surface area contributed by atoms with E-state index in [1.807, 2.05) is 41.3 Å². The van der Waals surface area contributed by atoms with Crippen molar-refractivity contribution in [2.75, 3.05) is 45.3 Å². The summed E-state index contributed by atoms with van der Waals surface area (Å²) in [5.41, 5.74) is 2.26. The van der Waals surface area contributed by atoms with Crippen molar-refractivity contribution in [3.05, 3.63) is 54.1 Å². The van der Waals surface area contributed by atoms with E-state index in [-0.39, 0.29) is 5.91 Å². The van der Waals surface area contributed by atoms with Crippen molar-refractivity contribution in [1.29, 1.82) is 0 Å². The largest absolute Gasteiger partial charge is 0.497 e. The van der Waals surface area contributed by atoms with Gasteiger partial charge in [0.2, 0.25) is 5.91 Å². The Bertz CT molecular complexity index is 725. The Morgan fingerprint density at radius 2 is 1.69 bits per heavy atom. The van der Waals surface area contributed by atoms with Crippen molar-refractivity contribution < 1.29 is 14.3 Å². The smallest absolute Gasteiger partial charge is 0.223 e. The first-order valence-electron chi connectivity index (χ1n) is 9.00. The maximum absolute atomic E-state index is 12.5. The quantitative estimate of drug-likeness (QED) is 0.800. The molecule has 0 aliphatic carbocycles. The molecule has 5 nitrogen and oxygen atoms in total. The number of benzene rings is 2. The average Bonchev–Trinajstić information content (AvgIpc) is 2.72. The van der Waals surface area contributed by atoms with E-state index < -0.39 is 0 Å². The average molecular weight is 354 g/mol. The first-order chi connectivity index (χ1) is 12.7. The second kappa shape index (κ2) is 8.61. The van der Waals surface area contributed by atoms with Crippen LogP contribution in [-0.4, -0.2) is 51.2 Å². The van der Waals surface area contributed by atoms with Gasteiger partial charge < -0.3 is 19.3 Å². The number of ether oxygens (including phenoxy) is 2. The molecule has 0 N–H and O–H groups in total. The van der Waals surface area contributed by atoms with Crippen LogP contribution in [0.5, 0.6) is 11.5 Å². The molecule has 0 unspecified atom stereocenters. The van der Waals surface area contributed by atoms with Gasteiger partial charge in [0.25, 0.3) is 0 Å². The maximum Gasteiger partial charge on any atom is 0.223 e. The number of rotatable bonds is 6. The molecule has 1 amide bonds. The molecular weight excluding hydrogens is 328 g/mol. The molecule has 26 heavy (non-hydrogen) atoms. The van der Waals surface area contributed by atoms with E-state index in [1.165, 1.54) is 5.56 Å². The van der Waals surface area contributed by atoms with Gasteiger partial charge in [0, 0.05) is 38.7 Å². The monoisotopic (exact) mass is 354 g/mol. The predicted molar refractivity (Wildman–Crippen MR) is 103 cm³/mol. The van der Waals surface area contributed by atoms with Crippen LogP contribution in [0.1, 0.15) is 12.0 Å². The number of methoxy groups -OCH3 is 2. The highest BCUT2D eigenvalue weighted by Crippen LogP contribution is 2.32. The number of aryl methyl sites for hydroxylation is 1. The fourth-order valence-electron chi connectivity index (χ4n) is 3.30. The lowest BCUT2D eigenvalue weighted by Crippen LogP contribution is -2.48. The van der Waals surface area contributed by atoms with E-state index in [0.717, 1.165) is 49.8 Å². The molecule has 3 rings (SSSR count). The zero-order valence-corrected chi connectivity index (χ0v) is 15.5. The Morgan fingerprint density at radius 3 is 2.35 bits per heavy atom. The van der Waals surface area contributed by atoms with Gasteiger partial charge in [-0.05, 0) is 24.1 Å². The molecule has 138 valence electrons. The number of anilines is 1. The Hall–Kier alpha value is -2.69. The third-order valence-electron chi connectivity index (χ3n) is 4.83. The third-order valence-corrected chi connectivity index (χ3v) is 4.83. The number of hydrogen-bond donors (Lipinski definition) is 0. The number of piperazine rings is 1. The molecule has 2 aromatic rings. The molecule has 0 aromatic heterocycles. The number of carbonyl (C=O) groups is 1. The van der Waals surface area contributed by atoms with Gasteiger partial charge in [0.15, 0.2) is 0 Å². The van der Waals surface area contributed by atoms with Crippen LogP contribution in [0.2, 0.25) is 0 Å². The van der Waals surface area contributed by atoms with Crippen molar-refractivity contribution in [2.24, 2.45) is 0 Å². The summed E-state index contributed by atoms with van der Waals surface area (Å²) in [5.74, 6) is 1.81. The highest BCUT2D eigenvalue weighted by Gasteiger charge is 2.23. The molecule has 1 aliphatic heterocycles. The first kappa shape index (κ1) is 18.1. The third kappa shape index (κ3) is 4.28. The topological polar surface area (TPSA) is 42.0 Å². The van der Waals surface area contributed by atoms with Crippen molar-refractivity contribution >= 4 is 11.6 Å². The minimum atomic E-state index is 0.232. The molecule has 1 saturated heterocycles. The molecular formula is C21H26N2O3. The molecule has 0 bridgehead atoms. The number of amides is 1. The summed E-state index contributed by atoms with van der Waals surface area (Å²) in [6.07, 6.45) is 1.36. The molecule has 0 atom stereocenters. The van der Waals surface area contributed by atoms with Crippen LogP contribution in [0.15, 0.2) is 48.5 Å². The van der Waals surface area contributed by atoms with Crippen molar-refractivity contribution in [2.45, 2.75) is 12.8 Å². The van der Waals surface area contributed by atoms with Gasteiger partial charge in [-0.1, -0.05) is 30.3 Å². The maximum atomic E-state index is 12.5. The first-order valence-corrected chi connectivity index (χ1v) is 9.00. The predicted octanol–water partition coefficient (Wildman–Crippen LogP) is 2.99. The molecule has 1 aliphatic rings. The lowest BCUT2D eigenvalue weighted by atomic mass is 10.1. The summed E-state index contributed by atoms with van der Waals surface area (Å²) in [5, 5.41) is 0. The van der Waals surface area contributed by atoms with Crippen LogP contribution in [0, 0.1) is 0 Å². The zero-order valence-electron chi connectivity index (χ0n) is 15.5. The molecule has 5 heteroatoms. The molecule has 0 radical (unpaired) electrons. The molecule has 0 spiro atoms. The highest BCUT2D eigenvalue weighted by molar-refractivity contribution is 5.77. The van der Waals surface area contributed by atoms with E-state index in [4.69, 9.17) is 9.47 Å². The Labute approximate surface area is 155 Å². The van der Waals surface area contributed by atoms with Crippen LogP contribution in [0.4, 0.5) is 5.69 Å². The minimum absolute atomic E-state index is 0.232. The summed E-state index contributed by atoms with van der Waals surface area (Å²) in [7, 11) is 3.32. The van der Waals surface area contributed by atoms with Crippen LogP contribution in [-0.2, 0) is 11.2 Å². The van der Waals surface area contributed by atoms with Gasteiger partial charge in [-0.25, -0.2) is 0 Å². The van der Waals surface area contributed by atoms with Crippen LogP contribution >= 0.6 is 0 Å². The summed E-state index contributed by atoms with van der Waals surface area (Å²) >= 11 is 0. The number of hydrogen-bond acceptors (Lipinski definition) is 4. The molecule has 1 heterocycles. The number of nitrogens with zero attached hydrogens (tertiary/aromatic N) is 2. The lowest BCUT2D eigenvalue weighted by Gasteiger charge is -2.36. The van der Waals surface area contributed by atoms with Gasteiger partial charge in [-0.3, -0.25) is 4.79 Å². The summed E-state index contributed by atoms with van der Waals surface area (Å²) < 4.78 is 10.8. The summed E-state index contributed by atoms with van der Waals surface area (Å²) in [4.78, 5) is 16.7. The van der Waals surface area contributed by atoms with Gasteiger partial charge >= 0.3 is 0 Å². The second-order valence-corrected chi connectivity index (χ2v) is 6.39. The highest BCUT2D eigenvalue weighted by atomic mass is 16.5. The van der Waals surface area contributed by atoms with Crippen LogP contribution < -0.4 is 14.4 Å².